The Morgan fingerprint density at radius 1 is 1.58 bits per heavy atom. The number of benzene rings is 1. The van der Waals surface area contributed by atoms with Gasteiger partial charge in [0, 0.05) is 24.2 Å². The van der Waals surface area contributed by atoms with Crippen molar-refractivity contribution < 1.29 is 10.0 Å². The van der Waals surface area contributed by atoms with Gasteiger partial charge in [0.1, 0.15) is 0 Å². The highest BCUT2D eigenvalue weighted by Gasteiger charge is 2.11. The standard InChI is InChI=1S/C12H17ClN4O2/c1-7(12(18)15-2)16-6-9-4-3-8(5-10(9)13)11(14)17-19/h3-5,7,16,19H,6H2,1-2H3,(H2,14,17)(H,15,18). The number of nitrogens with two attached hydrogens (primary N) is 1. The summed E-state index contributed by atoms with van der Waals surface area (Å²) in [6.07, 6.45) is 0. The number of halogens is 1. The lowest BCUT2D eigenvalue weighted by Crippen LogP contribution is -2.40. The van der Waals surface area contributed by atoms with Gasteiger partial charge in [0.15, 0.2) is 5.84 Å². The van der Waals surface area contributed by atoms with Crippen LogP contribution in [0.4, 0.5) is 0 Å². The number of likely N-dealkylation sites (N-methyl/N-ethyl adjacent to an activating group) is 1. The number of carbonyl (C=O) groups excluding carboxylic acids is 1. The molecule has 0 radical (unpaired) electrons. The summed E-state index contributed by atoms with van der Waals surface area (Å²) in [6.45, 7) is 2.21. The molecule has 7 heteroatoms. The highest BCUT2D eigenvalue weighted by molar-refractivity contribution is 6.31. The van der Waals surface area contributed by atoms with Gasteiger partial charge < -0.3 is 21.6 Å². The molecule has 0 bridgehead atoms. The highest BCUT2D eigenvalue weighted by Crippen LogP contribution is 2.18. The van der Waals surface area contributed by atoms with Crippen LogP contribution in [0, 0.1) is 0 Å². The second kappa shape index (κ2) is 6.96. The van der Waals surface area contributed by atoms with E-state index in [1.165, 1.54) is 0 Å². The summed E-state index contributed by atoms with van der Waals surface area (Å²) in [5.74, 6) is -0.0930. The van der Waals surface area contributed by atoms with Crippen molar-refractivity contribution in [2.75, 3.05) is 7.05 Å². The normalized spacial score (nSPS) is 13.1. The van der Waals surface area contributed by atoms with Gasteiger partial charge in [-0.1, -0.05) is 28.9 Å². The summed E-state index contributed by atoms with van der Waals surface area (Å²) < 4.78 is 0. The Bertz CT molecular complexity index is 491. The number of oxime groups is 1. The minimum atomic E-state index is -0.315. The number of amides is 1. The summed E-state index contributed by atoms with van der Waals surface area (Å²) >= 11 is 6.09. The summed E-state index contributed by atoms with van der Waals surface area (Å²) in [4.78, 5) is 11.3. The summed E-state index contributed by atoms with van der Waals surface area (Å²) in [5, 5.41) is 17.6. The van der Waals surface area contributed by atoms with E-state index in [9.17, 15) is 4.79 Å². The number of nitrogens with one attached hydrogen (secondary N) is 2. The first-order valence-corrected chi connectivity index (χ1v) is 6.08. The molecule has 19 heavy (non-hydrogen) atoms. The van der Waals surface area contributed by atoms with Crippen LogP contribution >= 0.6 is 11.6 Å². The van der Waals surface area contributed by atoms with Gasteiger partial charge in [-0.3, -0.25) is 4.79 Å². The van der Waals surface area contributed by atoms with Crippen LogP contribution in [0.5, 0.6) is 0 Å². The average molecular weight is 285 g/mol. The fourth-order valence-corrected chi connectivity index (χ4v) is 1.73. The zero-order valence-electron chi connectivity index (χ0n) is 10.8. The van der Waals surface area contributed by atoms with Gasteiger partial charge in [-0.15, -0.1) is 0 Å². The summed E-state index contributed by atoms with van der Waals surface area (Å²) in [6, 6.07) is 4.75. The zero-order chi connectivity index (χ0) is 14.4. The molecule has 0 aliphatic carbocycles. The molecule has 1 unspecified atom stereocenters. The molecule has 6 nitrogen and oxygen atoms in total. The van der Waals surface area contributed by atoms with Crippen molar-refractivity contribution in [3.63, 3.8) is 0 Å². The summed E-state index contributed by atoms with van der Waals surface area (Å²) in [7, 11) is 1.58. The predicted octanol–water partition coefficient (Wildman–Crippen LogP) is 0.659. The Labute approximate surface area is 116 Å². The topological polar surface area (TPSA) is 99.7 Å². The first-order valence-electron chi connectivity index (χ1n) is 5.71. The van der Waals surface area contributed by atoms with Gasteiger partial charge in [0.25, 0.3) is 0 Å². The Hall–Kier alpha value is -1.79. The minimum absolute atomic E-state index is 0.000128. The smallest absolute Gasteiger partial charge is 0.236 e. The van der Waals surface area contributed by atoms with Crippen molar-refractivity contribution in [2.45, 2.75) is 19.5 Å². The number of hydrogen-bond donors (Lipinski definition) is 4. The monoisotopic (exact) mass is 284 g/mol. The van der Waals surface area contributed by atoms with Crippen LogP contribution in [0.1, 0.15) is 18.1 Å². The molecule has 1 aromatic rings. The maximum atomic E-state index is 11.3. The zero-order valence-corrected chi connectivity index (χ0v) is 11.5. The summed E-state index contributed by atoms with van der Waals surface area (Å²) in [5.41, 5.74) is 6.83. The molecule has 0 spiro atoms. The molecule has 0 fully saturated rings. The van der Waals surface area contributed by atoms with E-state index in [2.05, 4.69) is 15.8 Å². The lowest BCUT2D eigenvalue weighted by atomic mass is 10.1. The SMILES string of the molecule is CNC(=O)C(C)NCc1ccc(/C(N)=N/O)cc1Cl. The molecule has 0 aliphatic heterocycles. The van der Waals surface area contributed by atoms with Crippen molar-refractivity contribution in [3.8, 4) is 0 Å². The second-order valence-corrected chi connectivity index (χ2v) is 4.42. The highest BCUT2D eigenvalue weighted by atomic mass is 35.5. The number of nitrogens with zero attached hydrogens (tertiary/aromatic N) is 1. The van der Waals surface area contributed by atoms with E-state index in [0.29, 0.717) is 17.1 Å². The van der Waals surface area contributed by atoms with Crippen LogP contribution in [-0.4, -0.2) is 30.0 Å². The predicted molar refractivity (Wildman–Crippen MR) is 74.3 cm³/mol. The fourth-order valence-electron chi connectivity index (χ4n) is 1.48. The van der Waals surface area contributed by atoms with Crippen LogP contribution in [0.3, 0.4) is 0 Å². The van der Waals surface area contributed by atoms with Crippen LogP contribution < -0.4 is 16.4 Å². The quantitative estimate of drug-likeness (QED) is 0.276. The maximum absolute atomic E-state index is 11.3. The van der Waals surface area contributed by atoms with E-state index in [1.54, 1.807) is 32.2 Å². The molecule has 5 N–H and O–H groups in total. The lowest BCUT2D eigenvalue weighted by molar-refractivity contribution is -0.122. The first-order chi connectivity index (χ1) is 8.99. The van der Waals surface area contributed by atoms with Gasteiger partial charge in [0.05, 0.1) is 6.04 Å². The van der Waals surface area contributed by atoms with Crippen molar-refractivity contribution in [1.29, 1.82) is 0 Å². The van der Waals surface area contributed by atoms with E-state index >= 15 is 0 Å². The van der Waals surface area contributed by atoms with Gasteiger partial charge in [0.2, 0.25) is 5.91 Å². The van der Waals surface area contributed by atoms with Crippen LogP contribution in [-0.2, 0) is 11.3 Å². The molecule has 0 heterocycles. The third-order valence-corrected chi connectivity index (χ3v) is 3.05. The van der Waals surface area contributed by atoms with Crippen LogP contribution in [0.15, 0.2) is 23.4 Å². The van der Waals surface area contributed by atoms with Crippen molar-refractivity contribution in [2.24, 2.45) is 10.9 Å². The molecule has 1 atom stereocenters. The third kappa shape index (κ3) is 4.11. The number of amidine groups is 1. The molecule has 0 aliphatic rings. The molecular weight excluding hydrogens is 268 g/mol. The fraction of sp³-hybridized carbons (Fsp3) is 0.333. The van der Waals surface area contributed by atoms with E-state index in [-0.39, 0.29) is 17.8 Å². The van der Waals surface area contributed by atoms with Crippen molar-refractivity contribution in [1.82, 2.24) is 10.6 Å². The molecule has 0 saturated carbocycles. The van der Waals surface area contributed by atoms with E-state index in [4.69, 9.17) is 22.5 Å². The lowest BCUT2D eigenvalue weighted by Gasteiger charge is -2.13. The van der Waals surface area contributed by atoms with E-state index < -0.39 is 0 Å². The Balaban J connectivity index is 2.73. The van der Waals surface area contributed by atoms with Gasteiger partial charge in [-0.05, 0) is 18.6 Å². The van der Waals surface area contributed by atoms with Crippen LogP contribution in [0.2, 0.25) is 5.02 Å². The number of hydrogen-bond acceptors (Lipinski definition) is 4. The number of rotatable bonds is 5. The van der Waals surface area contributed by atoms with Gasteiger partial charge >= 0.3 is 0 Å². The average Bonchev–Trinajstić information content (AvgIpc) is 2.43. The van der Waals surface area contributed by atoms with Gasteiger partial charge in [-0.2, -0.15) is 0 Å². The van der Waals surface area contributed by atoms with Crippen LogP contribution in [0.25, 0.3) is 0 Å². The number of carbonyl (C=O) groups is 1. The first kappa shape index (κ1) is 15.3. The molecular formula is C12H17ClN4O2. The Morgan fingerprint density at radius 2 is 2.26 bits per heavy atom. The molecule has 1 rings (SSSR count). The second-order valence-electron chi connectivity index (χ2n) is 4.01. The molecule has 1 aromatic carbocycles. The van der Waals surface area contributed by atoms with Gasteiger partial charge in [-0.25, -0.2) is 0 Å². The van der Waals surface area contributed by atoms with E-state index in [1.807, 2.05) is 0 Å². The largest absolute Gasteiger partial charge is 0.409 e. The Kier molecular flexibility index (Phi) is 5.59. The minimum Gasteiger partial charge on any atom is -0.409 e. The third-order valence-electron chi connectivity index (χ3n) is 2.69. The van der Waals surface area contributed by atoms with E-state index in [0.717, 1.165) is 5.56 Å². The molecule has 104 valence electrons. The maximum Gasteiger partial charge on any atom is 0.236 e. The van der Waals surface area contributed by atoms with Crippen molar-refractivity contribution >= 4 is 23.3 Å². The molecule has 0 saturated heterocycles. The molecule has 0 aromatic heterocycles. The van der Waals surface area contributed by atoms with Crippen molar-refractivity contribution in [3.05, 3.63) is 34.3 Å². The Morgan fingerprint density at radius 3 is 2.79 bits per heavy atom. The molecule has 1 amide bonds.